The first-order chi connectivity index (χ1) is 5.00. The summed E-state index contributed by atoms with van der Waals surface area (Å²) in [4.78, 5) is 0. The van der Waals surface area contributed by atoms with Gasteiger partial charge in [0, 0.05) is 6.04 Å². The van der Waals surface area contributed by atoms with Crippen LogP contribution in [-0.4, -0.2) is 12.2 Å². The minimum Gasteiger partial charge on any atom is -0.325 e. The summed E-state index contributed by atoms with van der Waals surface area (Å²) >= 11 is 0. The van der Waals surface area contributed by atoms with E-state index >= 15 is 0 Å². The van der Waals surface area contributed by atoms with Crippen molar-refractivity contribution in [2.24, 2.45) is 17.6 Å². The molecule has 0 bridgehead atoms. The summed E-state index contributed by atoms with van der Waals surface area (Å²) in [5.74, 6) is 0.510. The van der Waals surface area contributed by atoms with Crippen molar-refractivity contribution in [2.45, 2.75) is 46.3 Å². The SMILES string of the molecule is CC[C@@H](C)[C@@H](C)[C@H](F)[C@@H](C)N. The van der Waals surface area contributed by atoms with E-state index in [1.54, 1.807) is 6.92 Å². The molecule has 0 amide bonds. The lowest BCUT2D eigenvalue weighted by molar-refractivity contribution is 0.161. The van der Waals surface area contributed by atoms with Crippen LogP contribution < -0.4 is 5.73 Å². The smallest absolute Gasteiger partial charge is 0.118 e. The molecule has 0 saturated heterocycles. The lowest BCUT2D eigenvalue weighted by Crippen LogP contribution is -2.35. The maximum absolute atomic E-state index is 13.2. The molecule has 0 heterocycles. The van der Waals surface area contributed by atoms with Gasteiger partial charge in [-0.3, -0.25) is 0 Å². The molecule has 2 heteroatoms. The predicted octanol–water partition coefficient (Wildman–Crippen LogP) is 2.35. The Morgan fingerprint density at radius 2 is 1.73 bits per heavy atom. The minimum absolute atomic E-state index is 0.0833. The first kappa shape index (κ1) is 10.9. The molecule has 0 rings (SSSR count). The van der Waals surface area contributed by atoms with E-state index in [-0.39, 0.29) is 12.0 Å². The van der Waals surface area contributed by atoms with Gasteiger partial charge in [0.05, 0.1) is 0 Å². The first-order valence-corrected chi connectivity index (χ1v) is 4.40. The summed E-state index contributed by atoms with van der Waals surface area (Å²) < 4.78 is 13.2. The monoisotopic (exact) mass is 161 g/mol. The van der Waals surface area contributed by atoms with Crippen molar-refractivity contribution in [3.63, 3.8) is 0 Å². The van der Waals surface area contributed by atoms with Crippen LogP contribution in [0.15, 0.2) is 0 Å². The molecule has 0 aliphatic rings. The van der Waals surface area contributed by atoms with Crippen molar-refractivity contribution in [3.8, 4) is 0 Å². The highest BCUT2D eigenvalue weighted by Crippen LogP contribution is 2.21. The Bertz CT molecular complexity index is 104. The number of hydrogen-bond donors (Lipinski definition) is 1. The van der Waals surface area contributed by atoms with E-state index in [1.165, 1.54) is 0 Å². The normalized spacial score (nSPS) is 22.4. The summed E-state index contributed by atoms with van der Waals surface area (Å²) in [5.41, 5.74) is 5.45. The second-order valence-electron chi connectivity index (χ2n) is 3.55. The van der Waals surface area contributed by atoms with Crippen molar-refractivity contribution < 1.29 is 4.39 Å². The largest absolute Gasteiger partial charge is 0.325 e. The van der Waals surface area contributed by atoms with Crippen LogP contribution in [0.4, 0.5) is 4.39 Å². The molecule has 0 saturated carbocycles. The van der Waals surface area contributed by atoms with E-state index < -0.39 is 6.17 Å². The van der Waals surface area contributed by atoms with Gasteiger partial charge < -0.3 is 5.73 Å². The molecule has 0 aromatic carbocycles. The summed E-state index contributed by atoms with van der Waals surface area (Å²) in [5, 5.41) is 0. The average molecular weight is 161 g/mol. The number of hydrogen-bond acceptors (Lipinski definition) is 1. The summed E-state index contributed by atoms with van der Waals surface area (Å²) in [6.07, 6.45) is 0.166. The Morgan fingerprint density at radius 1 is 1.27 bits per heavy atom. The lowest BCUT2D eigenvalue weighted by Gasteiger charge is -2.24. The maximum Gasteiger partial charge on any atom is 0.118 e. The lowest BCUT2D eigenvalue weighted by atomic mass is 9.87. The molecular formula is C9H20FN. The zero-order valence-electron chi connectivity index (χ0n) is 7.97. The van der Waals surface area contributed by atoms with Gasteiger partial charge in [0.2, 0.25) is 0 Å². The van der Waals surface area contributed by atoms with Gasteiger partial charge in [-0.1, -0.05) is 27.2 Å². The van der Waals surface area contributed by atoms with Crippen LogP contribution in [0.25, 0.3) is 0 Å². The van der Waals surface area contributed by atoms with Crippen molar-refractivity contribution >= 4 is 0 Å². The molecule has 0 aliphatic heterocycles. The number of alkyl halides is 1. The fourth-order valence-electron chi connectivity index (χ4n) is 1.16. The van der Waals surface area contributed by atoms with Crippen LogP contribution in [0.1, 0.15) is 34.1 Å². The summed E-state index contributed by atoms with van der Waals surface area (Å²) in [6, 6.07) is -0.334. The Balaban J connectivity index is 3.90. The molecule has 0 aliphatic carbocycles. The Kier molecular flexibility index (Phi) is 4.66. The second kappa shape index (κ2) is 4.70. The minimum atomic E-state index is -0.857. The molecule has 1 nitrogen and oxygen atoms in total. The van der Waals surface area contributed by atoms with Crippen LogP contribution >= 0.6 is 0 Å². The average Bonchev–Trinajstić information content (AvgIpc) is 2.00. The van der Waals surface area contributed by atoms with Gasteiger partial charge in [-0.2, -0.15) is 0 Å². The number of rotatable bonds is 4. The van der Waals surface area contributed by atoms with E-state index in [4.69, 9.17) is 5.73 Å². The standard InChI is InChI=1S/C9H20FN/c1-5-6(2)7(3)9(10)8(4)11/h6-9H,5,11H2,1-4H3/t6-,7-,8-,9+/m1/s1. The third-order valence-corrected chi connectivity index (χ3v) is 2.55. The fourth-order valence-corrected chi connectivity index (χ4v) is 1.16. The van der Waals surface area contributed by atoms with Gasteiger partial charge in [-0.05, 0) is 18.8 Å². The first-order valence-electron chi connectivity index (χ1n) is 4.40. The highest BCUT2D eigenvalue weighted by atomic mass is 19.1. The van der Waals surface area contributed by atoms with Crippen molar-refractivity contribution in [1.82, 2.24) is 0 Å². The Labute approximate surface area is 69.2 Å². The number of halogens is 1. The summed E-state index contributed by atoms with van der Waals surface area (Å²) in [6.45, 7) is 7.81. The topological polar surface area (TPSA) is 26.0 Å². The molecular weight excluding hydrogens is 141 g/mol. The van der Waals surface area contributed by atoms with Crippen LogP contribution in [-0.2, 0) is 0 Å². The highest BCUT2D eigenvalue weighted by Gasteiger charge is 2.23. The van der Waals surface area contributed by atoms with E-state index in [1.807, 2.05) is 6.92 Å². The van der Waals surface area contributed by atoms with Crippen LogP contribution in [0.3, 0.4) is 0 Å². The third kappa shape index (κ3) is 3.19. The third-order valence-electron chi connectivity index (χ3n) is 2.55. The van der Waals surface area contributed by atoms with Crippen molar-refractivity contribution in [2.75, 3.05) is 0 Å². The van der Waals surface area contributed by atoms with E-state index in [0.717, 1.165) is 6.42 Å². The Hall–Kier alpha value is -0.110. The van der Waals surface area contributed by atoms with Gasteiger partial charge in [-0.25, -0.2) is 4.39 Å². The molecule has 4 atom stereocenters. The second-order valence-corrected chi connectivity index (χ2v) is 3.55. The van der Waals surface area contributed by atoms with Crippen LogP contribution in [0.2, 0.25) is 0 Å². The van der Waals surface area contributed by atoms with Crippen molar-refractivity contribution in [1.29, 1.82) is 0 Å². The quantitative estimate of drug-likeness (QED) is 0.673. The van der Waals surface area contributed by atoms with Gasteiger partial charge in [0.25, 0.3) is 0 Å². The van der Waals surface area contributed by atoms with E-state index in [2.05, 4.69) is 13.8 Å². The van der Waals surface area contributed by atoms with Gasteiger partial charge in [-0.15, -0.1) is 0 Å². The maximum atomic E-state index is 13.2. The summed E-state index contributed by atoms with van der Waals surface area (Å²) in [7, 11) is 0. The van der Waals surface area contributed by atoms with Crippen LogP contribution in [0, 0.1) is 11.8 Å². The molecule has 11 heavy (non-hydrogen) atoms. The molecule has 68 valence electrons. The van der Waals surface area contributed by atoms with Gasteiger partial charge in [0.1, 0.15) is 6.17 Å². The predicted molar refractivity (Wildman–Crippen MR) is 47.2 cm³/mol. The number of nitrogens with two attached hydrogens (primary N) is 1. The van der Waals surface area contributed by atoms with Gasteiger partial charge in [0.15, 0.2) is 0 Å². The fraction of sp³-hybridized carbons (Fsp3) is 1.00. The highest BCUT2D eigenvalue weighted by molar-refractivity contribution is 4.76. The van der Waals surface area contributed by atoms with E-state index in [0.29, 0.717) is 5.92 Å². The van der Waals surface area contributed by atoms with Gasteiger partial charge >= 0.3 is 0 Å². The van der Waals surface area contributed by atoms with Crippen molar-refractivity contribution in [3.05, 3.63) is 0 Å². The molecule has 0 spiro atoms. The molecule has 0 radical (unpaired) electrons. The molecule has 2 N–H and O–H groups in total. The molecule has 0 fully saturated rings. The molecule has 0 aromatic heterocycles. The zero-order valence-corrected chi connectivity index (χ0v) is 7.97. The molecule has 0 aromatic rings. The van der Waals surface area contributed by atoms with E-state index in [9.17, 15) is 4.39 Å². The van der Waals surface area contributed by atoms with Crippen LogP contribution in [0.5, 0.6) is 0 Å². The Morgan fingerprint density at radius 3 is 2.00 bits per heavy atom. The zero-order chi connectivity index (χ0) is 9.02. The molecule has 0 unspecified atom stereocenters.